The Balaban J connectivity index is 2.76. The summed E-state index contributed by atoms with van der Waals surface area (Å²) < 4.78 is 4.62. The zero-order valence-corrected chi connectivity index (χ0v) is 10.9. The summed E-state index contributed by atoms with van der Waals surface area (Å²) in [5, 5.41) is 6.01. The van der Waals surface area contributed by atoms with E-state index in [9.17, 15) is 4.79 Å². The van der Waals surface area contributed by atoms with Crippen LogP contribution in [0.3, 0.4) is 0 Å². The molecule has 1 aromatic rings. The van der Waals surface area contributed by atoms with Crippen molar-refractivity contribution < 1.29 is 9.53 Å². The van der Waals surface area contributed by atoms with Gasteiger partial charge < -0.3 is 21.1 Å². The van der Waals surface area contributed by atoms with E-state index >= 15 is 0 Å². The summed E-state index contributed by atoms with van der Waals surface area (Å²) in [6.07, 6.45) is 0.977. The van der Waals surface area contributed by atoms with Gasteiger partial charge in [-0.1, -0.05) is 6.92 Å². The van der Waals surface area contributed by atoms with Crippen LogP contribution < -0.4 is 16.4 Å². The van der Waals surface area contributed by atoms with E-state index < -0.39 is 6.04 Å². The third-order valence-electron chi connectivity index (χ3n) is 2.22. The quantitative estimate of drug-likeness (QED) is 0.646. The Hall–Kier alpha value is -2.05. The highest BCUT2D eigenvalue weighted by molar-refractivity contribution is 5.78. The van der Waals surface area contributed by atoms with Crippen LogP contribution in [0.15, 0.2) is 6.07 Å². The van der Waals surface area contributed by atoms with Gasteiger partial charge in [0.15, 0.2) is 0 Å². The number of aromatic nitrogens is 2. The molecule has 100 valence electrons. The molecule has 0 spiro atoms. The Morgan fingerprint density at radius 3 is 2.78 bits per heavy atom. The molecule has 18 heavy (non-hydrogen) atoms. The predicted molar refractivity (Wildman–Crippen MR) is 70.3 cm³/mol. The lowest BCUT2D eigenvalue weighted by molar-refractivity contribution is -0.141. The minimum atomic E-state index is -0.497. The highest BCUT2D eigenvalue weighted by Crippen LogP contribution is 2.13. The molecule has 0 fully saturated rings. The minimum Gasteiger partial charge on any atom is -0.467 e. The molecule has 0 bridgehead atoms. The molecule has 0 aromatic carbocycles. The first kappa shape index (κ1) is 14.0. The average molecular weight is 253 g/mol. The van der Waals surface area contributed by atoms with Gasteiger partial charge in [0.25, 0.3) is 0 Å². The van der Waals surface area contributed by atoms with Crippen LogP contribution >= 0.6 is 0 Å². The molecule has 0 saturated carbocycles. The van der Waals surface area contributed by atoms with Crippen LogP contribution in [0.2, 0.25) is 0 Å². The average Bonchev–Trinajstić information content (AvgIpc) is 2.34. The molecule has 4 N–H and O–H groups in total. The molecule has 1 unspecified atom stereocenters. The number of hydrogen-bond acceptors (Lipinski definition) is 7. The van der Waals surface area contributed by atoms with Crippen LogP contribution in [0.25, 0.3) is 0 Å². The van der Waals surface area contributed by atoms with E-state index in [0.717, 1.165) is 13.0 Å². The fourth-order valence-electron chi connectivity index (χ4n) is 1.34. The fraction of sp³-hybridized carbons (Fsp3) is 0.545. The molecule has 1 atom stereocenters. The molecule has 0 saturated heterocycles. The van der Waals surface area contributed by atoms with E-state index in [-0.39, 0.29) is 11.9 Å². The number of carbonyl (C=O) groups is 1. The van der Waals surface area contributed by atoms with Gasteiger partial charge in [0.2, 0.25) is 5.95 Å². The number of nitrogens with one attached hydrogen (secondary N) is 2. The first-order valence-corrected chi connectivity index (χ1v) is 5.79. The molecule has 1 rings (SSSR count). The number of esters is 1. The van der Waals surface area contributed by atoms with Gasteiger partial charge in [0.05, 0.1) is 7.11 Å². The third-order valence-corrected chi connectivity index (χ3v) is 2.22. The monoisotopic (exact) mass is 253 g/mol. The van der Waals surface area contributed by atoms with Crippen LogP contribution in [-0.4, -0.2) is 35.6 Å². The maximum atomic E-state index is 11.3. The summed E-state index contributed by atoms with van der Waals surface area (Å²) in [5.74, 6) is 0.897. The first-order valence-electron chi connectivity index (χ1n) is 5.79. The molecule has 0 amide bonds. The zero-order valence-electron chi connectivity index (χ0n) is 10.9. The van der Waals surface area contributed by atoms with E-state index in [2.05, 4.69) is 32.3 Å². The molecular weight excluding hydrogens is 234 g/mol. The lowest BCUT2D eigenvalue weighted by Crippen LogP contribution is -2.27. The van der Waals surface area contributed by atoms with Gasteiger partial charge in [-0.15, -0.1) is 0 Å². The van der Waals surface area contributed by atoms with Crippen molar-refractivity contribution in [3.63, 3.8) is 0 Å². The summed E-state index contributed by atoms with van der Waals surface area (Å²) in [7, 11) is 1.34. The van der Waals surface area contributed by atoms with Crippen molar-refractivity contribution in [1.82, 2.24) is 9.97 Å². The Morgan fingerprint density at radius 1 is 1.50 bits per heavy atom. The lowest BCUT2D eigenvalue weighted by atomic mass is 10.3. The van der Waals surface area contributed by atoms with Gasteiger partial charge in [-0.25, -0.2) is 4.79 Å². The predicted octanol–water partition coefficient (Wildman–Crippen LogP) is 0.854. The Morgan fingerprint density at radius 2 is 2.17 bits per heavy atom. The molecule has 7 nitrogen and oxygen atoms in total. The summed E-state index contributed by atoms with van der Waals surface area (Å²) in [4.78, 5) is 19.3. The second-order valence-electron chi connectivity index (χ2n) is 3.81. The fourth-order valence-corrected chi connectivity index (χ4v) is 1.34. The summed E-state index contributed by atoms with van der Waals surface area (Å²) in [6, 6.07) is 1.20. The van der Waals surface area contributed by atoms with E-state index in [1.807, 2.05) is 0 Å². The van der Waals surface area contributed by atoms with Gasteiger partial charge >= 0.3 is 5.97 Å². The molecular formula is C11H19N5O2. The van der Waals surface area contributed by atoms with Crippen molar-refractivity contribution >= 4 is 23.6 Å². The molecule has 0 aliphatic rings. The Bertz CT molecular complexity index is 410. The van der Waals surface area contributed by atoms with E-state index in [0.29, 0.717) is 11.6 Å². The van der Waals surface area contributed by atoms with Gasteiger partial charge in [0.1, 0.15) is 17.7 Å². The first-order chi connectivity index (χ1) is 8.56. The molecule has 0 aliphatic carbocycles. The van der Waals surface area contributed by atoms with E-state index in [4.69, 9.17) is 5.73 Å². The van der Waals surface area contributed by atoms with Gasteiger partial charge in [0, 0.05) is 12.6 Å². The van der Waals surface area contributed by atoms with E-state index in [1.54, 1.807) is 13.0 Å². The molecule has 7 heteroatoms. The van der Waals surface area contributed by atoms with Crippen molar-refractivity contribution in [3.8, 4) is 0 Å². The van der Waals surface area contributed by atoms with Crippen molar-refractivity contribution in [1.29, 1.82) is 0 Å². The minimum absolute atomic E-state index is 0.149. The lowest BCUT2D eigenvalue weighted by Gasteiger charge is -2.13. The number of rotatable bonds is 6. The number of anilines is 3. The molecule has 0 aliphatic heterocycles. The maximum Gasteiger partial charge on any atom is 0.328 e. The molecule has 1 heterocycles. The van der Waals surface area contributed by atoms with Gasteiger partial charge in [-0.2, -0.15) is 9.97 Å². The Kier molecular flexibility index (Phi) is 5.16. The van der Waals surface area contributed by atoms with Crippen LogP contribution in [0, 0.1) is 0 Å². The number of hydrogen-bond donors (Lipinski definition) is 3. The highest BCUT2D eigenvalue weighted by Gasteiger charge is 2.13. The van der Waals surface area contributed by atoms with E-state index in [1.165, 1.54) is 7.11 Å². The second-order valence-corrected chi connectivity index (χ2v) is 3.81. The summed E-state index contributed by atoms with van der Waals surface area (Å²) in [6.45, 7) is 4.53. The Labute approximate surface area is 106 Å². The number of carbonyl (C=O) groups excluding carboxylic acids is 1. The maximum absolute atomic E-state index is 11.3. The van der Waals surface area contributed by atoms with Crippen molar-refractivity contribution in [2.75, 3.05) is 30.0 Å². The smallest absolute Gasteiger partial charge is 0.328 e. The largest absolute Gasteiger partial charge is 0.467 e. The van der Waals surface area contributed by atoms with Gasteiger partial charge in [-0.3, -0.25) is 0 Å². The van der Waals surface area contributed by atoms with Crippen molar-refractivity contribution in [3.05, 3.63) is 6.07 Å². The van der Waals surface area contributed by atoms with Crippen LogP contribution in [0.4, 0.5) is 17.6 Å². The third kappa shape index (κ3) is 4.08. The van der Waals surface area contributed by atoms with Crippen molar-refractivity contribution in [2.24, 2.45) is 0 Å². The zero-order chi connectivity index (χ0) is 13.5. The SMILES string of the molecule is CCCNc1cc(NC(C)C(=O)OC)nc(N)n1. The summed E-state index contributed by atoms with van der Waals surface area (Å²) >= 11 is 0. The van der Waals surface area contributed by atoms with Crippen molar-refractivity contribution in [2.45, 2.75) is 26.3 Å². The second kappa shape index (κ2) is 6.63. The molecule has 1 aromatic heterocycles. The van der Waals surface area contributed by atoms with Crippen LogP contribution in [-0.2, 0) is 9.53 Å². The normalized spacial score (nSPS) is 11.7. The number of methoxy groups -OCH3 is 1. The molecule has 0 radical (unpaired) electrons. The van der Waals surface area contributed by atoms with Crippen LogP contribution in [0.1, 0.15) is 20.3 Å². The number of ether oxygens (including phenoxy) is 1. The summed E-state index contributed by atoms with van der Waals surface area (Å²) in [5.41, 5.74) is 5.60. The van der Waals surface area contributed by atoms with Gasteiger partial charge in [-0.05, 0) is 13.3 Å². The number of nitrogens with two attached hydrogens (primary N) is 1. The number of nitrogens with zero attached hydrogens (tertiary/aromatic N) is 2. The topological polar surface area (TPSA) is 102 Å². The standard InChI is InChI=1S/C11H19N5O2/c1-4-5-13-8-6-9(16-11(12)15-8)14-7(2)10(17)18-3/h6-7H,4-5H2,1-3H3,(H4,12,13,14,15,16). The number of nitrogen functional groups attached to an aromatic ring is 1. The highest BCUT2D eigenvalue weighted by atomic mass is 16.5. The van der Waals surface area contributed by atoms with Crippen LogP contribution in [0.5, 0.6) is 0 Å².